The lowest BCUT2D eigenvalue weighted by Crippen LogP contribution is -2.53. The van der Waals surface area contributed by atoms with Crippen molar-refractivity contribution in [2.75, 3.05) is 14.2 Å². The number of halogens is 1. The molecule has 2 aliphatic rings. The van der Waals surface area contributed by atoms with Crippen molar-refractivity contribution in [3.63, 3.8) is 0 Å². The number of carbonyl (C=O) groups is 2. The molecule has 1 N–H and O–H groups in total. The van der Waals surface area contributed by atoms with Crippen LogP contribution in [0.3, 0.4) is 0 Å². The van der Waals surface area contributed by atoms with E-state index in [0.29, 0.717) is 18.8 Å². The number of nitrogens with zero attached hydrogens (tertiary/aromatic N) is 1. The minimum Gasteiger partial charge on any atom is -0.453 e. The number of ether oxygens (including phenoxy) is 1. The van der Waals surface area contributed by atoms with Gasteiger partial charge in [0.25, 0.3) is 0 Å². The molecular formula is C21H29FN2O3. The first-order valence-corrected chi connectivity index (χ1v) is 9.70. The largest absolute Gasteiger partial charge is 0.453 e. The molecule has 6 heteroatoms. The molecule has 0 heterocycles. The van der Waals surface area contributed by atoms with E-state index in [0.717, 1.165) is 18.4 Å². The molecule has 1 aromatic rings. The van der Waals surface area contributed by atoms with Crippen LogP contribution in [0.5, 0.6) is 0 Å². The molecule has 1 aromatic carbocycles. The molecule has 0 saturated heterocycles. The van der Waals surface area contributed by atoms with Crippen LogP contribution in [0.2, 0.25) is 0 Å². The van der Waals surface area contributed by atoms with Gasteiger partial charge in [-0.3, -0.25) is 4.79 Å². The fourth-order valence-electron chi connectivity index (χ4n) is 4.07. The number of rotatable bonds is 5. The number of carbonyl (C=O) groups excluding carboxylic acids is 2. The molecule has 148 valence electrons. The summed E-state index contributed by atoms with van der Waals surface area (Å²) in [5.74, 6) is 0.545. The van der Waals surface area contributed by atoms with E-state index in [1.54, 1.807) is 6.07 Å². The summed E-state index contributed by atoms with van der Waals surface area (Å²) in [5.41, 5.74) is 1.93. The van der Waals surface area contributed by atoms with Gasteiger partial charge in [0.1, 0.15) is 5.82 Å². The van der Waals surface area contributed by atoms with Crippen molar-refractivity contribution in [2.24, 2.45) is 5.92 Å². The van der Waals surface area contributed by atoms with Crippen LogP contribution in [0.1, 0.15) is 62.5 Å². The molecule has 2 saturated carbocycles. The van der Waals surface area contributed by atoms with E-state index < -0.39 is 6.09 Å². The van der Waals surface area contributed by atoms with Crippen molar-refractivity contribution < 1.29 is 18.7 Å². The Bertz CT molecular complexity index is 709. The van der Waals surface area contributed by atoms with Crippen molar-refractivity contribution in [1.82, 2.24) is 10.2 Å². The standard InChI is InChI=1S/C21H29FN2O3/c1-12(2)18-11-13(5-6-19(18)22)14-9-17(10-14)24(3)20(25)15-7-16(8-15)23-21(26)27-4/h5-6,11-12,14-17H,7-10H2,1-4H3,(H,23,26). The number of benzene rings is 1. The zero-order valence-corrected chi connectivity index (χ0v) is 16.5. The van der Waals surface area contributed by atoms with Gasteiger partial charge >= 0.3 is 6.09 Å². The second-order valence-corrected chi connectivity index (χ2v) is 8.21. The lowest BCUT2D eigenvalue weighted by Gasteiger charge is -2.45. The molecule has 27 heavy (non-hydrogen) atoms. The Morgan fingerprint density at radius 3 is 2.48 bits per heavy atom. The Labute approximate surface area is 160 Å². The zero-order chi connectivity index (χ0) is 19.7. The Kier molecular flexibility index (Phi) is 5.72. The van der Waals surface area contributed by atoms with Crippen LogP contribution in [-0.4, -0.2) is 43.1 Å². The molecular weight excluding hydrogens is 347 g/mol. The molecule has 0 aromatic heterocycles. The zero-order valence-electron chi connectivity index (χ0n) is 16.5. The highest BCUT2D eigenvalue weighted by Gasteiger charge is 2.41. The van der Waals surface area contributed by atoms with Gasteiger partial charge in [-0.15, -0.1) is 0 Å². The molecule has 0 spiro atoms. The van der Waals surface area contributed by atoms with Crippen molar-refractivity contribution in [3.8, 4) is 0 Å². The van der Waals surface area contributed by atoms with Crippen LogP contribution in [0.25, 0.3) is 0 Å². The van der Waals surface area contributed by atoms with Crippen LogP contribution in [0.4, 0.5) is 9.18 Å². The highest BCUT2D eigenvalue weighted by atomic mass is 19.1. The highest BCUT2D eigenvalue weighted by molar-refractivity contribution is 5.80. The Hall–Kier alpha value is -2.11. The van der Waals surface area contributed by atoms with Gasteiger partial charge in [-0.25, -0.2) is 9.18 Å². The molecule has 5 nitrogen and oxygen atoms in total. The van der Waals surface area contributed by atoms with Gasteiger partial charge in [0.2, 0.25) is 5.91 Å². The van der Waals surface area contributed by atoms with Crippen molar-refractivity contribution >= 4 is 12.0 Å². The number of hydrogen-bond acceptors (Lipinski definition) is 3. The normalized spacial score (nSPS) is 26.7. The van der Waals surface area contributed by atoms with E-state index in [9.17, 15) is 14.0 Å². The Morgan fingerprint density at radius 1 is 1.22 bits per heavy atom. The average molecular weight is 376 g/mol. The molecule has 0 atom stereocenters. The van der Waals surface area contributed by atoms with Gasteiger partial charge < -0.3 is 15.0 Å². The SMILES string of the molecule is COC(=O)NC1CC(C(=O)N(C)C2CC(c3ccc(F)c(C(C)C)c3)C2)C1. The summed E-state index contributed by atoms with van der Waals surface area (Å²) >= 11 is 0. The number of alkyl carbamates (subject to hydrolysis) is 1. The first kappa shape index (κ1) is 19.6. The molecule has 0 radical (unpaired) electrons. The van der Waals surface area contributed by atoms with Gasteiger partial charge in [0, 0.05) is 25.0 Å². The molecule has 0 aliphatic heterocycles. The predicted molar refractivity (Wildman–Crippen MR) is 101 cm³/mol. The highest BCUT2D eigenvalue weighted by Crippen LogP contribution is 2.41. The summed E-state index contributed by atoms with van der Waals surface area (Å²) in [6, 6.07) is 5.69. The third-order valence-corrected chi connectivity index (χ3v) is 6.12. The van der Waals surface area contributed by atoms with Gasteiger partial charge in [0.05, 0.1) is 7.11 Å². The Morgan fingerprint density at radius 2 is 1.89 bits per heavy atom. The maximum Gasteiger partial charge on any atom is 0.407 e. The van der Waals surface area contributed by atoms with Gasteiger partial charge in [-0.05, 0) is 54.7 Å². The number of amides is 2. The summed E-state index contributed by atoms with van der Waals surface area (Å²) in [6.07, 6.45) is 2.74. The quantitative estimate of drug-likeness (QED) is 0.851. The van der Waals surface area contributed by atoms with E-state index in [-0.39, 0.29) is 35.6 Å². The third kappa shape index (κ3) is 4.09. The smallest absolute Gasteiger partial charge is 0.407 e. The number of methoxy groups -OCH3 is 1. The molecule has 0 unspecified atom stereocenters. The van der Waals surface area contributed by atoms with Gasteiger partial charge in [-0.1, -0.05) is 26.0 Å². The fourth-order valence-corrected chi connectivity index (χ4v) is 4.07. The fraction of sp³-hybridized carbons (Fsp3) is 0.619. The third-order valence-electron chi connectivity index (χ3n) is 6.12. The van der Waals surface area contributed by atoms with E-state index in [1.165, 1.54) is 12.7 Å². The van der Waals surface area contributed by atoms with E-state index >= 15 is 0 Å². The van der Waals surface area contributed by atoms with E-state index in [1.807, 2.05) is 37.9 Å². The van der Waals surface area contributed by atoms with Crippen LogP contribution < -0.4 is 5.32 Å². The van der Waals surface area contributed by atoms with Crippen molar-refractivity contribution in [3.05, 3.63) is 35.1 Å². The molecule has 2 fully saturated rings. The van der Waals surface area contributed by atoms with E-state index in [4.69, 9.17) is 0 Å². The molecule has 2 amide bonds. The topological polar surface area (TPSA) is 58.6 Å². The van der Waals surface area contributed by atoms with Gasteiger partial charge in [0.15, 0.2) is 0 Å². The van der Waals surface area contributed by atoms with Gasteiger partial charge in [-0.2, -0.15) is 0 Å². The first-order chi connectivity index (χ1) is 12.8. The van der Waals surface area contributed by atoms with Crippen LogP contribution >= 0.6 is 0 Å². The summed E-state index contributed by atoms with van der Waals surface area (Å²) in [5, 5.41) is 2.73. The predicted octanol–water partition coefficient (Wildman–Crippen LogP) is 3.79. The maximum absolute atomic E-state index is 13.9. The van der Waals surface area contributed by atoms with Crippen molar-refractivity contribution in [2.45, 2.75) is 63.5 Å². The minimum absolute atomic E-state index is 0.0189. The maximum atomic E-state index is 13.9. The number of hydrogen-bond donors (Lipinski definition) is 1. The number of nitrogens with one attached hydrogen (secondary N) is 1. The first-order valence-electron chi connectivity index (χ1n) is 9.70. The van der Waals surface area contributed by atoms with Crippen LogP contribution in [0.15, 0.2) is 18.2 Å². The summed E-state index contributed by atoms with van der Waals surface area (Å²) in [7, 11) is 3.21. The monoisotopic (exact) mass is 376 g/mol. The second-order valence-electron chi connectivity index (χ2n) is 8.21. The average Bonchev–Trinajstić information content (AvgIpc) is 2.56. The lowest BCUT2D eigenvalue weighted by atomic mass is 9.73. The van der Waals surface area contributed by atoms with Crippen LogP contribution in [-0.2, 0) is 9.53 Å². The minimum atomic E-state index is -0.443. The summed E-state index contributed by atoms with van der Waals surface area (Å²) in [6.45, 7) is 4.00. The van der Waals surface area contributed by atoms with Crippen molar-refractivity contribution in [1.29, 1.82) is 0 Å². The molecule has 3 rings (SSSR count). The van der Waals surface area contributed by atoms with E-state index in [2.05, 4.69) is 10.1 Å². The lowest BCUT2D eigenvalue weighted by molar-refractivity contribution is -0.141. The molecule has 0 bridgehead atoms. The van der Waals surface area contributed by atoms with Crippen LogP contribution in [0, 0.1) is 11.7 Å². The Balaban J connectivity index is 1.49. The summed E-state index contributed by atoms with van der Waals surface area (Å²) in [4.78, 5) is 25.7. The second kappa shape index (κ2) is 7.87. The summed E-state index contributed by atoms with van der Waals surface area (Å²) < 4.78 is 18.5. The molecule has 2 aliphatic carbocycles.